The number of phenols is 1. The van der Waals surface area contributed by atoms with E-state index < -0.39 is 16.0 Å². The van der Waals surface area contributed by atoms with Gasteiger partial charge < -0.3 is 9.84 Å². The van der Waals surface area contributed by atoms with Crippen LogP contribution in [0.4, 0.5) is 5.69 Å². The monoisotopic (exact) mass is 215 g/mol. The molecule has 0 unspecified atom stereocenters. The lowest BCUT2D eigenvalue weighted by Crippen LogP contribution is -2.25. The Balaban J connectivity index is 2.62. The second-order valence-electron chi connectivity index (χ2n) is 3.08. The minimum Gasteiger partial charge on any atom is -0.506 e. The zero-order valence-corrected chi connectivity index (χ0v) is 8.26. The van der Waals surface area contributed by atoms with Gasteiger partial charge in [-0.25, -0.2) is 8.42 Å². The molecule has 2 rings (SSSR count). The van der Waals surface area contributed by atoms with Crippen LogP contribution in [0.2, 0.25) is 0 Å². The summed E-state index contributed by atoms with van der Waals surface area (Å²) < 4.78 is 29.5. The van der Waals surface area contributed by atoms with Gasteiger partial charge in [0.15, 0.2) is 5.75 Å². The summed E-state index contributed by atoms with van der Waals surface area (Å²) in [4.78, 5) is 0. The van der Waals surface area contributed by atoms with Crippen LogP contribution in [0, 0.1) is 6.92 Å². The molecule has 0 spiro atoms. The van der Waals surface area contributed by atoms with Crippen LogP contribution in [0.25, 0.3) is 0 Å². The van der Waals surface area contributed by atoms with Crippen LogP contribution in [0.15, 0.2) is 12.1 Å². The molecule has 14 heavy (non-hydrogen) atoms. The van der Waals surface area contributed by atoms with Gasteiger partial charge in [0.05, 0.1) is 0 Å². The van der Waals surface area contributed by atoms with Gasteiger partial charge in [-0.2, -0.15) is 0 Å². The summed E-state index contributed by atoms with van der Waals surface area (Å²) in [5, 5.41) is 9.41. The fourth-order valence-electron chi connectivity index (χ4n) is 1.28. The van der Waals surface area contributed by atoms with Crippen molar-refractivity contribution in [2.45, 2.75) is 6.92 Å². The predicted molar refractivity (Wildman–Crippen MR) is 50.9 cm³/mol. The van der Waals surface area contributed by atoms with E-state index in [-0.39, 0.29) is 11.4 Å². The molecule has 6 heteroatoms. The Labute approximate surface area is 81.4 Å². The first-order chi connectivity index (χ1) is 6.49. The Morgan fingerprint density at radius 2 is 2.21 bits per heavy atom. The van der Waals surface area contributed by atoms with E-state index in [0.29, 0.717) is 5.75 Å². The summed E-state index contributed by atoms with van der Waals surface area (Å²) in [6.45, 7) is 1.78. The van der Waals surface area contributed by atoms with Gasteiger partial charge in [-0.1, -0.05) is 6.07 Å². The van der Waals surface area contributed by atoms with Gasteiger partial charge in [0, 0.05) is 0 Å². The molecule has 1 aromatic rings. The Kier molecular flexibility index (Phi) is 1.81. The van der Waals surface area contributed by atoms with Crippen molar-refractivity contribution in [1.29, 1.82) is 0 Å². The molecule has 0 radical (unpaired) electrons. The molecule has 5 nitrogen and oxygen atoms in total. The third-order valence-electron chi connectivity index (χ3n) is 1.95. The molecule has 1 aliphatic rings. The molecule has 0 aromatic heterocycles. The number of ether oxygens (including phenoxy) is 1. The van der Waals surface area contributed by atoms with Crippen LogP contribution in [-0.2, 0) is 10.0 Å². The highest BCUT2D eigenvalue weighted by molar-refractivity contribution is 7.92. The Morgan fingerprint density at radius 1 is 1.50 bits per heavy atom. The molecule has 0 saturated carbocycles. The molecule has 76 valence electrons. The maximum Gasteiger partial charge on any atom is 0.268 e. The van der Waals surface area contributed by atoms with E-state index in [4.69, 9.17) is 4.74 Å². The molecule has 0 amide bonds. The van der Waals surface area contributed by atoms with Crippen molar-refractivity contribution >= 4 is 15.7 Å². The van der Waals surface area contributed by atoms with Gasteiger partial charge >= 0.3 is 0 Å². The fourth-order valence-corrected chi connectivity index (χ4v) is 2.12. The highest BCUT2D eigenvalue weighted by Crippen LogP contribution is 2.39. The van der Waals surface area contributed by atoms with Gasteiger partial charge in [0.2, 0.25) is 5.94 Å². The molecular formula is C8H9NO4S. The number of rotatable bonds is 0. The number of benzene rings is 1. The van der Waals surface area contributed by atoms with E-state index in [1.54, 1.807) is 13.0 Å². The normalized spacial score (nSPS) is 17.8. The molecule has 0 fully saturated rings. The number of hydrogen-bond acceptors (Lipinski definition) is 4. The third-order valence-corrected chi connectivity index (χ3v) is 2.89. The molecule has 2 N–H and O–H groups in total. The number of hydrogen-bond donors (Lipinski definition) is 2. The molecule has 0 bridgehead atoms. The van der Waals surface area contributed by atoms with Crippen LogP contribution in [0.1, 0.15) is 5.56 Å². The van der Waals surface area contributed by atoms with Crippen molar-refractivity contribution in [3.63, 3.8) is 0 Å². The standard InChI is InChI=1S/C8H9NO4S/c1-5-2-3-6(10)7-8(5)13-4-14(11,12)9-7/h2-3,9-10H,4H2,1H3. The minimum absolute atomic E-state index is 0.122. The summed E-state index contributed by atoms with van der Waals surface area (Å²) in [5.41, 5.74) is 0.899. The van der Waals surface area contributed by atoms with Gasteiger partial charge in [-0.15, -0.1) is 0 Å². The second kappa shape index (κ2) is 2.78. The maximum absolute atomic E-state index is 11.1. The first-order valence-corrected chi connectivity index (χ1v) is 5.61. The largest absolute Gasteiger partial charge is 0.506 e. The summed E-state index contributed by atoms with van der Waals surface area (Å²) in [5.74, 6) is -0.154. The van der Waals surface area contributed by atoms with Gasteiger partial charge in [-0.05, 0) is 18.6 Å². The van der Waals surface area contributed by atoms with E-state index in [9.17, 15) is 13.5 Å². The minimum atomic E-state index is -3.47. The first-order valence-electron chi connectivity index (χ1n) is 3.95. The highest BCUT2D eigenvalue weighted by Gasteiger charge is 2.25. The number of aryl methyl sites for hydroxylation is 1. The number of fused-ring (bicyclic) bond motifs is 1. The van der Waals surface area contributed by atoms with Crippen molar-refractivity contribution < 1.29 is 18.3 Å². The number of aromatic hydroxyl groups is 1. The number of nitrogens with one attached hydrogen (secondary N) is 1. The first kappa shape index (κ1) is 9.14. The average molecular weight is 215 g/mol. The number of phenolic OH excluding ortho intramolecular Hbond substituents is 1. The molecule has 0 saturated heterocycles. The van der Waals surface area contributed by atoms with E-state index in [2.05, 4.69) is 4.72 Å². The van der Waals surface area contributed by atoms with E-state index >= 15 is 0 Å². The molecule has 0 aliphatic carbocycles. The van der Waals surface area contributed by atoms with Gasteiger partial charge in [-0.3, -0.25) is 4.72 Å². The lowest BCUT2D eigenvalue weighted by molar-refractivity contribution is 0.368. The van der Waals surface area contributed by atoms with Crippen LogP contribution in [0.5, 0.6) is 11.5 Å². The topological polar surface area (TPSA) is 75.6 Å². The Hall–Kier alpha value is -1.43. The summed E-state index contributed by atoms with van der Waals surface area (Å²) >= 11 is 0. The van der Waals surface area contributed by atoms with E-state index in [1.165, 1.54) is 6.07 Å². The average Bonchev–Trinajstić information content (AvgIpc) is 2.10. The Bertz CT molecular complexity index is 480. The van der Waals surface area contributed by atoms with Crippen molar-refractivity contribution in [3.8, 4) is 11.5 Å². The number of sulfonamides is 1. The predicted octanol–water partition coefficient (Wildman–Crippen LogP) is 0.792. The highest BCUT2D eigenvalue weighted by atomic mass is 32.2. The summed E-state index contributed by atoms with van der Waals surface area (Å²) in [6.07, 6.45) is 0. The summed E-state index contributed by atoms with van der Waals surface area (Å²) in [7, 11) is -3.47. The summed E-state index contributed by atoms with van der Waals surface area (Å²) in [6, 6.07) is 3.08. The van der Waals surface area contributed by atoms with E-state index in [0.717, 1.165) is 5.56 Å². The maximum atomic E-state index is 11.1. The Morgan fingerprint density at radius 3 is 2.93 bits per heavy atom. The SMILES string of the molecule is Cc1ccc(O)c2c1OCS(=O)(=O)N2. The van der Waals surface area contributed by atoms with Gasteiger partial charge in [0.25, 0.3) is 10.0 Å². The molecular weight excluding hydrogens is 206 g/mol. The second-order valence-corrected chi connectivity index (χ2v) is 4.75. The zero-order valence-electron chi connectivity index (χ0n) is 7.44. The third kappa shape index (κ3) is 1.37. The van der Waals surface area contributed by atoms with Crippen LogP contribution in [0.3, 0.4) is 0 Å². The fraction of sp³-hybridized carbons (Fsp3) is 0.250. The molecule has 1 aromatic carbocycles. The van der Waals surface area contributed by atoms with Crippen molar-refractivity contribution in [3.05, 3.63) is 17.7 Å². The van der Waals surface area contributed by atoms with Crippen molar-refractivity contribution in [2.24, 2.45) is 0 Å². The lowest BCUT2D eigenvalue weighted by Gasteiger charge is -2.21. The lowest BCUT2D eigenvalue weighted by atomic mass is 10.2. The van der Waals surface area contributed by atoms with E-state index in [1.807, 2.05) is 0 Å². The number of anilines is 1. The van der Waals surface area contributed by atoms with Crippen LogP contribution < -0.4 is 9.46 Å². The molecule has 1 aliphatic heterocycles. The van der Waals surface area contributed by atoms with Crippen molar-refractivity contribution in [2.75, 3.05) is 10.7 Å². The molecule has 0 atom stereocenters. The quantitative estimate of drug-likeness (QED) is 0.627. The van der Waals surface area contributed by atoms with Crippen LogP contribution in [-0.4, -0.2) is 19.5 Å². The molecule has 1 heterocycles. The smallest absolute Gasteiger partial charge is 0.268 e. The van der Waals surface area contributed by atoms with Gasteiger partial charge in [0.1, 0.15) is 11.4 Å². The van der Waals surface area contributed by atoms with Crippen LogP contribution >= 0.6 is 0 Å². The van der Waals surface area contributed by atoms with Crippen molar-refractivity contribution in [1.82, 2.24) is 0 Å². The zero-order chi connectivity index (χ0) is 10.3.